The first-order valence-electron chi connectivity index (χ1n) is 5.12. The molecule has 3 heteroatoms. The number of rotatable bonds is 3. The summed E-state index contributed by atoms with van der Waals surface area (Å²) in [4.78, 5) is 0. The van der Waals surface area contributed by atoms with Crippen LogP contribution in [-0.2, 0) is 13.5 Å². The third-order valence-electron chi connectivity index (χ3n) is 2.16. The van der Waals surface area contributed by atoms with Crippen LogP contribution in [0.5, 0.6) is 0 Å². The second-order valence-electron chi connectivity index (χ2n) is 4.84. The second kappa shape index (κ2) is 4.13. The van der Waals surface area contributed by atoms with Gasteiger partial charge in [0, 0.05) is 18.8 Å². The molecular weight excluding hydrogens is 174 g/mol. The topological polar surface area (TPSA) is 29.9 Å². The summed E-state index contributed by atoms with van der Waals surface area (Å²) in [6.45, 7) is 9.62. The first-order valence-corrected chi connectivity index (χ1v) is 5.12. The van der Waals surface area contributed by atoms with E-state index in [1.54, 1.807) is 0 Å². The van der Waals surface area contributed by atoms with Crippen molar-refractivity contribution in [3.8, 4) is 0 Å². The molecule has 0 aliphatic heterocycles. The molecule has 0 fully saturated rings. The van der Waals surface area contributed by atoms with Crippen molar-refractivity contribution in [2.24, 2.45) is 7.05 Å². The third-order valence-corrected chi connectivity index (χ3v) is 2.16. The van der Waals surface area contributed by atoms with E-state index in [-0.39, 0.29) is 5.54 Å². The molecule has 0 amide bonds. The van der Waals surface area contributed by atoms with E-state index >= 15 is 0 Å². The molecule has 1 heterocycles. The maximum absolute atomic E-state index is 4.32. The highest BCUT2D eigenvalue weighted by Gasteiger charge is 2.09. The molecule has 3 nitrogen and oxygen atoms in total. The van der Waals surface area contributed by atoms with Gasteiger partial charge in [-0.05, 0) is 46.2 Å². The minimum atomic E-state index is 0.204. The Bertz CT molecular complexity index is 294. The molecule has 0 aliphatic carbocycles. The summed E-state index contributed by atoms with van der Waals surface area (Å²) in [7, 11) is 1.97. The lowest BCUT2D eigenvalue weighted by Crippen LogP contribution is -2.37. The molecule has 0 radical (unpaired) electrons. The predicted octanol–water partition coefficient (Wildman–Crippen LogP) is 1.66. The molecular formula is C11H21N3. The quantitative estimate of drug-likeness (QED) is 0.795. The van der Waals surface area contributed by atoms with E-state index in [2.05, 4.69) is 44.3 Å². The Morgan fingerprint density at radius 3 is 2.50 bits per heavy atom. The summed E-state index contributed by atoms with van der Waals surface area (Å²) in [5.74, 6) is 0. The number of aromatic nitrogens is 2. The van der Waals surface area contributed by atoms with E-state index < -0.39 is 0 Å². The van der Waals surface area contributed by atoms with E-state index in [4.69, 9.17) is 0 Å². The lowest BCUT2D eigenvalue weighted by molar-refractivity contribution is 0.429. The largest absolute Gasteiger partial charge is 0.312 e. The van der Waals surface area contributed by atoms with Crippen LogP contribution in [0.3, 0.4) is 0 Å². The van der Waals surface area contributed by atoms with E-state index in [0.29, 0.717) is 0 Å². The van der Waals surface area contributed by atoms with Crippen molar-refractivity contribution in [2.45, 2.75) is 39.7 Å². The minimum absolute atomic E-state index is 0.204. The van der Waals surface area contributed by atoms with Crippen molar-refractivity contribution in [1.29, 1.82) is 0 Å². The van der Waals surface area contributed by atoms with Crippen molar-refractivity contribution in [2.75, 3.05) is 6.54 Å². The Morgan fingerprint density at radius 2 is 2.07 bits per heavy atom. The number of nitrogens with one attached hydrogen (secondary N) is 1. The molecule has 1 aromatic rings. The lowest BCUT2D eigenvalue weighted by Gasteiger charge is -2.20. The monoisotopic (exact) mass is 195 g/mol. The summed E-state index contributed by atoms with van der Waals surface area (Å²) in [6, 6.07) is 0. The summed E-state index contributed by atoms with van der Waals surface area (Å²) in [6.07, 6.45) is 3.15. The highest BCUT2D eigenvalue weighted by molar-refractivity contribution is 5.15. The van der Waals surface area contributed by atoms with Crippen LogP contribution in [0.15, 0.2) is 6.20 Å². The van der Waals surface area contributed by atoms with Crippen molar-refractivity contribution in [3.63, 3.8) is 0 Å². The number of hydrogen-bond acceptors (Lipinski definition) is 2. The molecule has 0 aliphatic rings. The Kier molecular flexibility index (Phi) is 3.32. The number of aryl methyl sites for hydroxylation is 2. The van der Waals surface area contributed by atoms with Crippen LogP contribution in [0.1, 0.15) is 32.0 Å². The normalized spacial score (nSPS) is 12.1. The lowest BCUT2D eigenvalue weighted by atomic mass is 10.1. The summed E-state index contributed by atoms with van der Waals surface area (Å²) in [5, 5.41) is 7.78. The number of nitrogens with zero attached hydrogens (tertiary/aromatic N) is 2. The Balaban J connectivity index is 2.42. The molecule has 0 saturated heterocycles. The van der Waals surface area contributed by atoms with Gasteiger partial charge in [0.1, 0.15) is 0 Å². The van der Waals surface area contributed by atoms with Crippen LogP contribution in [0.4, 0.5) is 0 Å². The maximum atomic E-state index is 4.32. The standard InChI is InChI=1S/C11H21N3/c1-9-10(8-14(5)13-9)6-7-12-11(2,3)4/h8,12H,6-7H2,1-5H3. The van der Waals surface area contributed by atoms with E-state index in [9.17, 15) is 0 Å². The van der Waals surface area contributed by atoms with Crippen molar-refractivity contribution in [1.82, 2.24) is 15.1 Å². The highest BCUT2D eigenvalue weighted by Crippen LogP contribution is 2.06. The van der Waals surface area contributed by atoms with Gasteiger partial charge >= 0.3 is 0 Å². The molecule has 1 aromatic heterocycles. The summed E-state index contributed by atoms with van der Waals surface area (Å²) < 4.78 is 1.88. The highest BCUT2D eigenvalue weighted by atomic mass is 15.2. The Labute approximate surface area is 86.5 Å². The molecule has 0 atom stereocenters. The maximum Gasteiger partial charge on any atom is 0.0626 e. The molecule has 0 saturated carbocycles. The summed E-state index contributed by atoms with van der Waals surface area (Å²) >= 11 is 0. The average molecular weight is 195 g/mol. The van der Waals surface area contributed by atoms with Crippen LogP contribution in [0, 0.1) is 6.92 Å². The molecule has 0 spiro atoms. The van der Waals surface area contributed by atoms with Crippen LogP contribution in [-0.4, -0.2) is 21.9 Å². The third kappa shape index (κ3) is 3.50. The zero-order valence-electron chi connectivity index (χ0n) is 9.89. The van der Waals surface area contributed by atoms with Gasteiger partial charge in [0.05, 0.1) is 5.69 Å². The van der Waals surface area contributed by atoms with Gasteiger partial charge in [-0.2, -0.15) is 5.10 Å². The van der Waals surface area contributed by atoms with Crippen molar-refractivity contribution >= 4 is 0 Å². The fraction of sp³-hybridized carbons (Fsp3) is 0.727. The molecule has 0 bridgehead atoms. The predicted molar refractivity (Wildman–Crippen MR) is 59.4 cm³/mol. The minimum Gasteiger partial charge on any atom is -0.312 e. The molecule has 1 rings (SSSR count). The van der Waals surface area contributed by atoms with E-state index in [1.807, 2.05) is 11.7 Å². The van der Waals surface area contributed by atoms with E-state index in [1.165, 1.54) is 5.56 Å². The van der Waals surface area contributed by atoms with Crippen LogP contribution in [0.2, 0.25) is 0 Å². The van der Waals surface area contributed by atoms with Crippen LogP contribution >= 0.6 is 0 Å². The van der Waals surface area contributed by atoms with E-state index in [0.717, 1.165) is 18.7 Å². The van der Waals surface area contributed by atoms with Gasteiger partial charge in [0.15, 0.2) is 0 Å². The first-order chi connectivity index (χ1) is 6.38. The zero-order chi connectivity index (χ0) is 10.8. The molecule has 0 unspecified atom stereocenters. The fourth-order valence-electron chi connectivity index (χ4n) is 1.47. The molecule has 0 aromatic carbocycles. The first kappa shape index (κ1) is 11.2. The second-order valence-corrected chi connectivity index (χ2v) is 4.84. The van der Waals surface area contributed by atoms with Crippen LogP contribution < -0.4 is 5.32 Å². The molecule has 14 heavy (non-hydrogen) atoms. The van der Waals surface area contributed by atoms with Gasteiger partial charge in [0.25, 0.3) is 0 Å². The Hall–Kier alpha value is -0.830. The van der Waals surface area contributed by atoms with Crippen molar-refractivity contribution < 1.29 is 0 Å². The summed E-state index contributed by atoms with van der Waals surface area (Å²) in [5.41, 5.74) is 2.68. The van der Waals surface area contributed by atoms with Crippen molar-refractivity contribution in [3.05, 3.63) is 17.5 Å². The SMILES string of the molecule is Cc1nn(C)cc1CCNC(C)(C)C. The van der Waals surface area contributed by atoms with Gasteiger partial charge in [-0.25, -0.2) is 0 Å². The average Bonchev–Trinajstić information content (AvgIpc) is 2.27. The van der Waals surface area contributed by atoms with Gasteiger partial charge in [0.2, 0.25) is 0 Å². The van der Waals surface area contributed by atoms with Gasteiger partial charge in [-0.1, -0.05) is 0 Å². The Morgan fingerprint density at radius 1 is 1.43 bits per heavy atom. The van der Waals surface area contributed by atoms with Gasteiger partial charge < -0.3 is 5.32 Å². The van der Waals surface area contributed by atoms with Gasteiger partial charge in [-0.3, -0.25) is 4.68 Å². The fourth-order valence-corrected chi connectivity index (χ4v) is 1.47. The molecule has 80 valence electrons. The smallest absolute Gasteiger partial charge is 0.0626 e. The number of hydrogen-bond donors (Lipinski definition) is 1. The van der Waals surface area contributed by atoms with Crippen LogP contribution in [0.25, 0.3) is 0 Å². The zero-order valence-corrected chi connectivity index (χ0v) is 9.89. The molecule has 1 N–H and O–H groups in total. The van der Waals surface area contributed by atoms with Gasteiger partial charge in [-0.15, -0.1) is 0 Å².